The zero-order chi connectivity index (χ0) is 34.1. The molecular formula is C36H45BN3O7S+. The third kappa shape index (κ3) is 8.23. The second kappa shape index (κ2) is 16.0. The number of unbranched alkanes of at least 4 members (excludes halogenated alkanes) is 1. The Balaban J connectivity index is 1.31. The van der Waals surface area contributed by atoms with Crippen LogP contribution >= 0.6 is 0 Å². The molecule has 3 aromatic rings. The Morgan fingerprint density at radius 3 is 2.31 bits per heavy atom. The van der Waals surface area contributed by atoms with Crippen molar-refractivity contribution in [2.24, 2.45) is 5.92 Å². The fourth-order valence-electron chi connectivity index (χ4n) is 6.81. The molecule has 48 heavy (non-hydrogen) atoms. The van der Waals surface area contributed by atoms with Crippen molar-refractivity contribution >= 4 is 35.8 Å². The van der Waals surface area contributed by atoms with E-state index in [9.17, 15) is 18.4 Å². The fourth-order valence-corrected chi connectivity index (χ4v) is 8.07. The molecule has 2 aliphatic rings. The van der Waals surface area contributed by atoms with E-state index in [0.29, 0.717) is 39.1 Å². The third-order valence-electron chi connectivity index (χ3n) is 9.31. The summed E-state index contributed by atoms with van der Waals surface area (Å²) in [6, 6.07) is 22.2. The van der Waals surface area contributed by atoms with Gasteiger partial charge in [-0.2, -0.15) is 0 Å². The number of carbonyl (C=O) groups excluding carboxylic acids is 2. The Kier molecular flexibility index (Phi) is 11.9. The van der Waals surface area contributed by atoms with Gasteiger partial charge in [0, 0.05) is 7.11 Å². The van der Waals surface area contributed by atoms with E-state index in [1.54, 1.807) is 38.4 Å². The van der Waals surface area contributed by atoms with E-state index in [-0.39, 0.29) is 23.2 Å². The number of para-hydroxylation sites is 2. The van der Waals surface area contributed by atoms with Gasteiger partial charge < -0.3 is 4.74 Å². The minimum atomic E-state index is -3.62. The Labute approximate surface area is 284 Å². The van der Waals surface area contributed by atoms with Gasteiger partial charge >= 0.3 is 262 Å². The number of methoxy groups -OCH3 is 2. The van der Waals surface area contributed by atoms with Gasteiger partial charge in [-0.1, -0.05) is 0 Å². The van der Waals surface area contributed by atoms with E-state index >= 15 is 0 Å². The predicted octanol–water partition coefficient (Wildman–Crippen LogP) is 4.39. The standard InChI is InChI=1S/C36H44BN3O7S/c1-37-40-23-27(22-28(24-40)39-48(43,44)29-17-14-26(15-18-29)16-19-34(41)46-3)35(42)38-25-36(20-8-9-21-45-2)30-10-4-6-12-32(30)47-33-13-7-5-11-31(33)36/h4-7,10-15,17-18,27-28H,1,8-9,16,19-25H2,2-3H3,(H2-,38,39,42,43,44)/p+1. The van der Waals surface area contributed by atoms with E-state index in [0.717, 1.165) is 47.5 Å². The molecule has 1 amide bonds. The first-order valence-corrected chi connectivity index (χ1v) is 17.9. The Morgan fingerprint density at radius 2 is 1.69 bits per heavy atom. The van der Waals surface area contributed by atoms with Crippen LogP contribution in [0.15, 0.2) is 77.7 Å². The van der Waals surface area contributed by atoms with Crippen molar-refractivity contribution in [1.82, 2.24) is 14.8 Å². The molecule has 0 spiro atoms. The van der Waals surface area contributed by atoms with Crippen molar-refractivity contribution in [3.63, 3.8) is 0 Å². The summed E-state index contributed by atoms with van der Waals surface area (Å²) in [6.45, 7) is 5.83. The number of benzene rings is 3. The average Bonchev–Trinajstić information content (AvgIpc) is 3.11. The van der Waals surface area contributed by atoms with E-state index in [1.165, 1.54) is 7.11 Å². The molecule has 12 heteroatoms. The molecule has 1 saturated heterocycles. The number of nitrogens with zero attached hydrogens (tertiary/aromatic N) is 1. The van der Waals surface area contributed by atoms with Gasteiger partial charge in [0.2, 0.25) is 0 Å². The summed E-state index contributed by atoms with van der Waals surface area (Å²) in [4.78, 5) is 27.6. The Bertz CT molecular complexity index is 1590. The first kappa shape index (κ1) is 35.5. The van der Waals surface area contributed by atoms with Crippen molar-refractivity contribution in [2.45, 2.75) is 54.9 Å². The maximum absolute atomic E-state index is 14.0. The monoisotopic (exact) mass is 674 g/mol. The molecular weight excluding hydrogens is 629 g/mol. The molecule has 0 radical (unpaired) electrons. The number of carbonyl (C=O) groups is 2. The Morgan fingerprint density at radius 1 is 1.02 bits per heavy atom. The number of esters is 1. The van der Waals surface area contributed by atoms with Crippen LogP contribution in [0.3, 0.4) is 0 Å². The summed E-state index contributed by atoms with van der Waals surface area (Å²) >= 11 is 0. The van der Waals surface area contributed by atoms with Crippen molar-refractivity contribution in [2.75, 3.05) is 40.5 Å². The van der Waals surface area contributed by atoms with Crippen LogP contribution in [0.2, 0.25) is 0 Å². The van der Waals surface area contributed by atoms with Gasteiger partial charge in [-0.15, -0.1) is 0 Å². The molecule has 3 unspecified atom stereocenters. The van der Waals surface area contributed by atoms with E-state index < -0.39 is 27.8 Å². The van der Waals surface area contributed by atoms with Crippen LogP contribution in [0.25, 0.3) is 0 Å². The van der Waals surface area contributed by atoms with Crippen LogP contribution in [0.1, 0.15) is 48.8 Å². The molecule has 0 bridgehead atoms. The summed E-state index contributed by atoms with van der Waals surface area (Å²) in [5, 5.41) is 3.29. The number of amides is 1. The van der Waals surface area contributed by atoms with E-state index in [1.807, 2.05) is 41.2 Å². The van der Waals surface area contributed by atoms with Crippen molar-refractivity contribution < 1.29 is 32.6 Å². The molecule has 1 fully saturated rings. The second-order valence-corrected chi connectivity index (χ2v) is 14.2. The zero-order valence-electron chi connectivity index (χ0n) is 27.7. The number of piperidine rings is 1. The maximum atomic E-state index is 14.0. The summed E-state index contributed by atoms with van der Waals surface area (Å²) in [5.74, 6) is 0.692. The van der Waals surface area contributed by atoms with Gasteiger partial charge in [-0.05, 0) is 0 Å². The second-order valence-electron chi connectivity index (χ2n) is 12.5. The van der Waals surface area contributed by atoms with Gasteiger partial charge in [0.05, 0.1) is 7.11 Å². The minimum absolute atomic E-state index is 0.120. The molecule has 0 saturated carbocycles. The van der Waals surface area contributed by atoms with Crippen LogP contribution in [0, 0.1) is 5.92 Å². The molecule has 3 aromatic carbocycles. The van der Waals surface area contributed by atoms with Gasteiger partial charge in [0.1, 0.15) is 0 Å². The third-order valence-corrected chi connectivity index (χ3v) is 10.9. The van der Waals surface area contributed by atoms with Crippen LogP contribution in [-0.2, 0) is 45.5 Å². The van der Waals surface area contributed by atoms with Crippen LogP contribution in [-0.4, -0.2) is 81.3 Å². The van der Waals surface area contributed by atoms with E-state index in [2.05, 4.69) is 28.6 Å². The predicted molar refractivity (Wildman–Crippen MR) is 188 cm³/mol. The number of hydrogen-bond acceptors (Lipinski definition) is 7. The topological polar surface area (TPSA) is 126 Å². The SMILES string of the molecule is C=BN1CC(N[S+](=O)(O)c2ccc(CCC(=O)OC)cc2)CC(C(=O)NCC2(CCCCOC)c3ccccc3Oc3ccccc32)C1. The summed E-state index contributed by atoms with van der Waals surface area (Å²) in [5.41, 5.74) is 2.42. The van der Waals surface area contributed by atoms with Gasteiger partial charge in [0.15, 0.2) is 0 Å². The van der Waals surface area contributed by atoms with Gasteiger partial charge in [-0.3, -0.25) is 4.79 Å². The average molecular weight is 675 g/mol. The number of rotatable bonds is 15. The molecule has 0 aromatic heterocycles. The summed E-state index contributed by atoms with van der Waals surface area (Å²) in [7, 11) is 1.10. The van der Waals surface area contributed by atoms with Crippen molar-refractivity contribution in [3.05, 3.63) is 89.5 Å². The summed E-state index contributed by atoms with van der Waals surface area (Å²) in [6.07, 6.45) is 3.64. The molecule has 3 N–H and O–H groups in total. The molecule has 2 aliphatic heterocycles. The summed E-state index contributed by atoms with van der Waals surface area (Å²) < 4.78 is 43.8. The molecule has 3 atom stereocenters. The first-order valence-electron chi connectivity index (χ1n) is 16.4. The molecule has 2 heterocycles. The normalized spacial score (nSPS) is 19.1. The Hall–Kier alpha value is -3.84. The van der Waals surface area contributed by atoms with Crippen molar-refractivity contribution in [1.29, 1.82) is 0 Å². The number of fused-ring (bicyclic) bond motifs is 2. The van der Waals surface area contributed by atoms with Crippen molar-refractivity contribution in [3.8, 4) is 11.5 Å². The molecule has 5 rings (SSSR count). The molecule has 254 valence electrons. The number of nitrogens with one attached hydrogen (secondary N) is 2. The number of aryl methyl sites for hydroxylation is 1. The first-order chi connectivity index (χ1) is 23.2. The zero-order valence-corrected chi connectivity index (χ0v) is 28.5. The van der Waals surface area contributed by atoms with E-state index in [4.69, 9.17) is 14.2 Å². The fraction of sp³-hybridized carbons (Fsp3) is 0.417. The number of ether oxygens (including phenoxy) is 3. The van der Waals surface area contributed by atoms with Gasteiger partial charge in [0.25, 0.3) is 0 Å². The van der Waals surface area contributed by atoms with Crippen LogP contribution in [0.5, 0.6) is 11.5 Å². The molecule has 0 aliphatic carbocycles. The molecule has 10 nitrogen and oxygen atoms in total. The van der Waals surface area contributed by atoms with Crippen LogP contribution in [0.4, 0.5) is 0 Å². The van der Waals surface area contributed by atoms with Gasteiger partial charge in [-0.25, -0.2) is 0 Å². The quantitative estimate of drug-likeness (QED) is 0.0939. The van der Waals surface area contributed by atoms with Crippen LogP contribution < -0.4 is 14.8 Å². The number of hydrogen-bond donors (Lipinski definition) is 3.